The van der Waals surface area contributed by atoms with Crippen LogP contribution in [0.1, 0.15) is 33.1 Å². The van der Waals surface area contributed by atoms with Crippen molar-refractivity contribution in [3.63, 3.8) is 0 Å². The van der Waals surface area contributed by atoms with Crippen LogP contribution in [-0.4, -0.2) is 77.6 Å². The largest absolute Gasteiger partial charge is 0.396 e. The monoisotopic (exact) mass is 442 g/mol. The Kier molecular flexibility index (Phi) is 13.5. The number of guanidine groups is 1. The van der Waals surface area contributed by atoms with Gasteiger partial charge in [0.1, 0.15) is 12.1 Å². The number of nitrogens with one attached hydrogen (secondary N) is 3. The number of aliphatic hydroxyl groups excluding tert-OH is 2. The van der Waals surface area contributed by atoms with Crippen LogP contribution in [0.5, 0.6) is 0 Å². The van der Waals surface area contributed by atoms with Crippen molar-refractivity contribution >= 4 is 29.5 Å². The topological polar surface area (TPSA) is 209 Å². The number of nitrogens with zero attached hydrogens (tertiary/aromatic N) is 1. The van der Waals surface area contributed by atoms with Crippen molar-refractivity contribution in [1.82, 2.24) is 16.0 Å². The first-order valence-corrected chi connectivity index (χ1v) is 9.88. The van der Waals surface area contributed by atoms with Crippen molar-refractivity contribution < 1.29 is 29.4 Å². The fraction of sp³-hybridized carbons (Fsp3) is 0.632. The lowest BCUT2D eigenvalue weighted by Gasteiger charge is -2.22. The Morgan fingerprint density at radius 3 is 2.10 bits per heavy atom. The van der Waals surface area contributed by atoms with E-state index in [1.165, 1.54) is 19.9 Å². The standard InChI is InChI=1S/C19H34N6O6/c1-4-13(6-5-8-22-19(20)21)17(30)25-15(10-27)18(31)23-11(2)16(29)24-14(7-9-26)12(3)28/h4,11,13-15,26-27H,1,5-10H2,2-3H3,(H,23,31)(H,24,29)(H,25,30)(H4,20,21,22). The van der Waals surface area contributed by atoms with Gasteiger partial charge in [0.15, 0.2) is 11.7 Å². The molecule has 12 heteroatoms. The van der Waals surface area contributed by atoms with Gasteiger partial charge in [-0.2, -0.15) is 0 Å². The second-order valence-electron chi connectivity index (χ2n) is 6.95. The number of hydrogen-bond donors (Lipinski definition) is 7. The normalized spacial score (nSPS) is 14.3. The van der Waals surface area contributed by atoms with E-state index in [4.69, 9.17) is 16.6 Å². The molecule has 0 saturated carbocycles. The fourth-order valence-corrected chi connectivity index (χ4v) is 2.53. The molecule has 0 rings (SSSR count). The summed E-state index contributed by atoms with van der Waals surface area (Å²) in [4.78, 5) is 52.3. The van der Waals surface area contributed by atoms with Gasteiger partial charge in [-0.3, -0.25) is 24.2 Å². The van der Waals surface area contributed by atoms with Gasteiger partial charge in [-0.15, -0.1) is 6.58 Å². The molecule has 0 radical (unpaired) electrons. The molecule has 0 bridgehead atoms. The van der Waals surface area contributed by atoms with E-state index in [1.807, 2.05) is 0 Å². The summed E-state index contributed by atoms with van der Waals surface area (Å²) in [6.07, 6.45) is 2.34. The van der Waals surface area contributed by atoms with Gasteiger partial charge in [-0.1, -0.05) is 6.08 Å². The SMILES string of the molecule is C=CC(CCCN=C(N)N)C(=O)NC(CO)C(=O)NC(C)C(=O)NC(CCO)C(C)=O. The van der Waals surface area contributed by atoms with Gasteiger partial charge < -0.3 is 37.6 Å². The molecule has 12 nitrogen and oxygen atoms in total. The Morgan fingerprint density at radius 2 is 1.61 bits per heavy atom. The number of rotatable bonds is 15. The number of amides is 3. The van der Waals surface area contributed by atoms with E-state index >= 15 is 0 Å². The van der Waals surface area contributed by atoms with Crippen molar-refractivity contribution in [1.29, 1.82) is 0 Å². The Morgan fingerprint density at radius 1 is 1.00 bits per heavy atom. The number of aliphatic hydroxyl groups is 2. The van der Waals surface area contributed by atoms with Crippen LogP contribution in [0.15, 0.2) is 17.6 Å². The lowest BCUT2D eigenvalue weighted by molar-refractivity contribution is -0.134. The third-order valence-electron chi connectivity index (χ3n) is 4.38. The maximum Gasteiger partial charge on any atom is 0.245 e. The summed E-state index contributed by atoms with van der Waals surface area (Å²) in [6, 6.07) is -3.21. The first kappa shape index (κ1) is 28.0. The summed E-state index contributed by atoms with van der Waals surface area (Å²) in [7, 11) is 0. The quantitative estimate of drug-likeness (QED) is 0.0611. The molecule has 0 aliphatic rings. The van der Waals surface area contributed by atoms with Gasteiger partial charge in [0.05, 0.1) is 18.6 Å². The van der Waals surface area contributed by atoms with Crippen molar-refractivity contribution in [2.75, 3.05) is 19.8 Å². The molecule has 0 fully saturated rings. The molecule has 0 aromatic carbocycles. The molecular formula is C19H34N6O6. The molecule has 0 aliphatic carbocycles. The van der Waals surface area contributed by atoms with Gasteiger partial charge in [-0.25, -0.2) is 0 Å². The highest BCUT2D eigenvalue weighted by Crippen LogP contribution is 2.09. The zero-order valence-electron chi connectivity index (χ0n) is 18.0. The molecule has 0 saturated heterocycles. The van der Waals surface area contributed by atoms with Crippen molar-refractivity contribution in [2.45, 2.75) is 51.2 Å². The minimum Gasteiger partial charge on any atom is -0.396 e. The van der Waals surface area contributed by atoms with E-state index in [2.05, 4.69) is 27.5 Å². The van der Waals surface area contributed by atoms with Gasteiger partial charge >= 0.3 is 0 Å². The van der Waals surface area contributed by atoms with Crippen LogP contribution >= 0.6 is 0 Å². The average Bonchev–Trinajstić information content (AvgIpc) is 2.70. The van der Waals surface area contributed by atoms with Gasteiger partial charge in [-0.05, 0) is 33.1 Å². The maximum atomic E-state index is 12.4. The maximum absolute atomic E-state index is 12.4. The third kappa shape index (κ3) is 11.1. The van der Waals surface area contributed by atoms with E-state index in [0.717, 1.165) is 0 Å². The Hall–Kier alpha value is -2.99. The molecule has 0 aromatic heterocycles. The predicted octanol–water partition coefficient (Wildman–Crippen LogP) is -2.72. The highest BCUT2D eigenvalue weighted by Gasteiger charge is 2.27. The van der Waals surface area contributed by atoms with E-state index in [-0.39, 0.29) is 24.8 Å². The van der Waals surface area contributed by atoms with Gasteiger partial charge in [0, 0.05) is 13.2 Å². The van der Waals surface area contributed by atoms with E-state index in [1.54, 1.807) is 0 Å². The highest BCUT2D eigenvalue weighted by atomic mass is 16.3. The molecular weight excluding hydrogens is 408 g/mol. The van der Waals surface area contributed by atoms with Crippen LogP contribution in [0.2, 0.25) is 0 Å². The molecule has 0 spiro atoms. The number of ketones is 1. The number of hydrogen-bond acceptors (Lipinski definition) is 7. The number of Topliss-reactive ketones (excluding diaryl/α,β-unsaturated/α-hetero) is 1. The van der Waals surface area contributed by atoms with Crippen LogP contribution in [0.25, 0.3) is 0 Å². The Bertz CT molecular complexity index is 664. The predicted molar refractivity (Wildman–Crippen MR) is 115 cm³/mol. The first-order valence-electron chi connectivity index (χ1n) is 9.88. The van der Waals surface area contributed by atoms with Crippen LogP contribution in [0, 0.1) is 5.92 Å². The van der Waals surface area contributed by atoms with E-state index < -0.39 is 48.4 Å². The van der Waals surface area contributed by atoms with E-state index in [0.29, 0.717) is 19.4 Å². The van der Waals surface area contributed by atoms with Crippen LogP contribution < -0.4 is 27.4 Å². The molecule has 31 heavy (non-hydrogen) atoms. The molecule has 4 atom stereocenters. The zero-order chi connectivity index (χ0) is 24.0. The molecule has 3 amide bonds. The Labute approximate surface area is 181 Å². The average molecular weight is 443 g/mol. The second kappa shape index (κ2) is 14.9. The minimum atomic E-state index is -1.29. The smallest absolute Gasteiger partial charge is 0.245 e. The van der Waals surface area contributed by atoms with Crippen LogP contribution in [0.3, 0.4) is 0 Å². The molecule has 0 aliphatic heterocycles. The summed E-state index contributed by atoms with van der Waals surface area (Å²) < 4.78 is 0. The minimum absolute atomic E-state index is 0.0448. The molecule has 9 N–H and O–H groups in total. The summed E-state index contributed by atoms with van der Waals surface area (Å²) in [5, 5.41) is 25.7. The molecule has 4 unspecified atom stereocenters. The second-order valence-corrected chi connectivity index (χ2v) is 6.95. The lowest BCUT2D eigenvalue weighted by Crippen LogP contribution is -2.56. The number of carbonyl (C=O) groups excluding carboxylic acids is 4. The molecule has 0 heterocycles. The Balaban J connectivity index is 4.81. The summed E-state index contributed by atoms with van der Waals surface area (Å²) in [5.41, 5.74) is 10.5. The van der Waals surface area contributed by atoms with E-state index in [9.17, 15) is 24.3 Å². The van der Waals surface area contributed by atoms with Crippen molar-refractivity contribution in [3.8, 4) is 0 Å². The first-order chi connectivity index (χ1) is 14.6. The highest BCUT2D eigenvalue weighted by molar-refractivity contribution is 5.94. The zero-order valence-corrected chi connectivity index (χ0v) is 18.0. The summed E-state index contributed by atoms with van der Waals surface area (Å²) in [6.45, 7) is 5.60. The number of nitrogens with two attached hydrogens (primary N) is 2. The van der Waals surface area contributed by atoms with Crippen molar-refractivity contribution in [2.24, 2.45) is 22.4 Å². The molecule has 176 valence electrons. The van der Waals surface area contributed by atoms with Crippen LogP contribution in [-0.2, 0) is 19.2 Å². The van der Waals surface area contributed by atoms with Gasteiger partial charge in [0.25, 0.3) is 0 Å². The number of aliphatic imine (C=N–C) groups is 1. The van der Waals surface area contributed by atoms with Crippen LogP contribution in [0.4, 0.5) is 0 Å². The van der Waals surface area contributed by atoms with Crippen molar-refractivity contribution in [3.05, 3.63) is 12.7 Å². The third-order valence-corrected chi connectivity index (χ3v) is 4.38. The van der Waals surface area contributed by atoms with Gasteiger partial charge in [0.2, 0.25) is 17.7 Å². The summed E-state index contributed by atoms with van der Waals surface area (Å²) in [5.74, 6) is -2.97. The summed E-state index contributed by atoms with van der Waals surface area (Å²) >= 11 is 0. The molecule has 0 aromatic rings. The lowest BCUT2D eigenvalue weighted by atomic mass is 10.0. The number of carbonyl (C=O) groups is 4. The fourth-order valence-electron chi connectivity index (χ4n) is 2.53.